The summed E-state index contributed by atoms with van der Waals surface area (Å²) in [4.78, 5) is 21.3. The first-order chi connectivity index (χ1) is 16.2. The van der Waals surface area contributed by atoms with Crippen molar-refractivity contribution in [1.82, 2.24) is 0 Å². The van der Waals surface area contributed by atoms with E-state index in [0.29, 0.717) is 17.4 Å². The molecule has 0 fully saturated rings. The number of nitrogens with zero attached hydrogens (tertiary/aromatic N) is 1. The van der Waals surface area contributed by atoms with Crippen molar-refractivity contribution in [3.63, 3.8) is 0 Å². The number of phosphoric ester groups is 1. The highest BCUT2D eigenvalue weighted by atomic mass is 31.2. The van der Waals surface area contributed by atoms with Gasteiger partial charge in [-0.2, -0.15) is 0 Å². The van der Waals surface area contributed by atoms with E-state index in [4.69, 9.17) is 13.8 Å². The van der Waals surface area contributed by atoms with Crippen LogP contribution in [0.4, 0.5) is 0 Å². The molecule has 0 aromatic rings. The Balaban J connectivity index is 3.59. The lowest BCUT2D eigenvalue weighted by Gasteiger charge is -2.23. The first-order valence-corrected chi connectivity index (χ1v) is 14.2. The van der Waals surface area contributed by atoms with Gasteiger partial charge in [0.2, 0.25) is 0 Å². The third-order valence-corrected chi connectivity index (χ3v) is 5.96. The quantitative estimate of drug-likeness (QED) is 0.0443. The predicted molar refractivity (Wildman–Crippen MR) is 139 cm³/mol. The molecule has 0 aliphatic carbocycles. The van der Waals surface area contributed by atoms with Crippen LogP contribution in [0.1, 0.15) is 84.0 Å². The summed E-state index contributed by atoms with van der Waals surface area (Å²) in [6.07, 6.45) is 24.5. The predicted octanol–water partition coefficient (Wildman–Crippen LogP) is 6.70. The van der Waals surface area contributed by atoms with Gasteiger partial charge in [-0.15, -0.1) is 0 Å². The summed E-state index contributed by atoms with van der Waals surface area (Å²) < 4.78 is 27.0. The fraction of sp³-hybridized carbons (Fsp3) is 0.731. The van der Waals surface area contributed by atoms with Crippen molar-refractivity contribution in [3.05, 3.63) is 36.6 Å². The SMILES string of the molecule is CCCCC/C=C/C/C=C/CCCCCCCC(=O)O/C=C/COP(=O)(O)OCC[N+](C)(C)C. The van der Waals surface area contributed by atoms with E-state index in [-0.39, 0.29) is 19.2 Å². The van der Waals surface area contributed by atoms with Crippen LogP contribution in [0, 0.1) is 0 Å². The number of esters is 1. The third kappa shape index (κ3) is 25.4. The van der Waals surface area contributed by atoms with Crippen LogP contribution in [-0.2, 0) is 23.1 Å². The molecule has 0 spiro atoms. The third-order valence-electron chi connectivity index (χ3n) is 4.98. The van der Waals surface area contributed by atoms with E-state index in [1.807, 2.05) is 21.1 Å². The zero-order valence-electron chi connectivity index (χ0n) is 22.0. The van der Waals surface area contributed by atoms with Crippen molar-refractivity contribution in [2.24, 2.45) is 0 Å². The van der Waals surface area contributed by atoms with Gasteiger partial charge in [-0.3, -0.25) is 13.8 Å². The van der Waals surface area contributed by atoms with Gasteiger partial charge in [-0.25, -0.2) is 4.57 Å². The van der Waals surface area contributed by atoms with Gasteiger partial charge in [0.25, 0.3) is 0 Å². The van der Waals surface area contributed by atoms with Crippen LogP contribution in [0.3, 0.4) is 0 Å². The van der Waals surface area contributed by atoms with Gasteiger partial charge in [-0.1, -0.05) is 63.3 Å². The van der Waals surface area contributed by atoms with Crippen LogP contribution >= 0.6 is 7.82 Å². The normalized spacial score (nSPS) is 14.4. The lowest BCUT2D eigenvalue weighted by molar-refractivity contribution is -0.870. The number of carbonyl (C=O) groups is 1. The molecule has 0 amide bonds. The van der Waals surface area contributed by atoms with Crippen molar-refractivity contribution < 1.29 is 32.5 Å². The zero-order chi connectivity index (χ0) is 25.5. The molecule has 0 bridgehead atoms. The number of likely N-dealkylation sites (N-methyl/N-ethyl adjacent to an activating group) is 1. The van der Waals surface area contributed by atoms with Gasteiger partial charge in [-0.05, 0) is 44.6 Å². The Labute approximate surface area is 208 Å². The van der Waals surface area contributed by atoms with Crippen LogP contribution in [0.5, 0.6) is 0 Å². The number of carbonyl (C=O) groups excluding carboxylic acids is 1. The summed E-state index contributed by atoms with van der Waals surface area (Å²) in [6, 6.07) is 0. The minimum atomic E-state index is -4.10. The number of ether oxygens (including phenoxy) is 1. The highest BCUT2D eigenvalue weighted by molar-refractivity contribution is 7.47. The molecule has 0 aliphatic heterocycles. The molecule has 0 saturated carbocycles. The molecule has 198 valence electrons. The second-order valence-electron chi connectivity index (χ2n) is 9.45. The molecule has 0 aromatic heterocycles. The van der Waals surface area contributed by atoms with Gasteiger partial charge in [0, 0.05) is 6.42 Å². The van der Waals surface area contributed by atoms with Crippen molar-refractivity contribution in [2.45, 2.75) is 84.0 Å². The van der Waals surface area contributed by atoms with Crippen LogP contribution in [0.25, 0.3) is 0 Å². The van der Waals surface area contributed by atoms with E-state index in [1.165, 1.54) is 50.9 Å². The Morgan fingerprint density at radius 1 is 0.853 bits per heavy atom. The zero-order valence-corrected chi connectivity index (χ0v) is 22.8. The Kier molecular flexibility index (Phi) is 20.3. The number of hydrogen-bond donors (Lipinski definition) is 1. The topological polar surface area (TPSA) is 82.1 Å². The number of rotatable bonds is 22. The van der Waals surface area contributed by atoms with Crippen LogP contribution in [0.15, 0.2) is 36.6 Å². The van der Waals surface area contributed by atoms with E-state index >= 15 is 0 Å². The van der Waals surface area contributed by atoms with Crippen LogP contribution < -0.4 is 0 Å². The van der Waals surface area contributed by atoms with E-state index in [9.17, 15) is 14.3 Å². The van der Waals surface area contributed by atoms with Gasteiger partial charge < -0.3 is 14.1 Å². The van der Waals surface area contributed by atoms with E-state index < -0.39 is 7.82 Å². The summed E-state index contributed by atoms with van der Waals surface area (Å²) in [5.74, 6) is -0.312. The largest absolute Gasteiger partial charge is 0.472 e. The average molecular weight is 503 g/mol. The van der Waals surface area contributed by atoms with Crippen LogP contribution in [-0.4, -0.2) is 56.2 Å². The van der Waals surface area contributed by atoms with Gasteiger partial charge >= 0.3 is 13.8 Å². The molecule has 1 atom stereocenters. The molecule has 8 heteroatoms. The fourth-order valence-corrected chi connectivity index (χ4v) is 3.57. The second kappa shape index (κ2) is 21.1. The molecule has 0 radical (unpaired) electrons. The molecular weight excluding hydrogens is 453 g/mol. The number of allylic oxidation sites excluding steroid dienone is 4. The second-order valence-corrected chi connectivity index (χ2v) is 10.9. The summed E-state index contributed by atoms with van der Waals surface area (Å²) >= 11 is 0. The van der Waals surface area contributed by atoms with E-state index in [0.717, 1.165) is 32.1 Å². The number of hydrogen-bond acceptors (Lipinski definition) is 5. The molecule has 0 aliphatic rings. The maximum Gasteiger partial charge on any atom is 0.472 e. The number of phosphoric acid groups is 1. The van der Waals surface area contributed by atoms with Crippen molar-refractivity contribution in [3.8, 4) is 0 Å². The highest BCUT2D eigenvalue weighted by Gasteiger charge is 2.21. The Morgan fingerprint density at radius 3 is 2.12 bits per heavy atom. The van der Waals surface area contributed by atoms with E-state index in [1.54, 1.807) is 0 Å². The molecule has 7 nitrogen and oxygen atoms in total. The Bertz CT molecular complexity index is 640. The van der Waals surface area contributed by atoms with Crippen LogP contribution in [0.2, 0.25) is 0 Å². The maximum absolute atomic E-state index is 11.7. The molecule has 34 heavy (non-hydrogen) atoms. The molecular formula is C26H49NO6P+. The monoisotopic (exact) mass is 502 g/mol. The minimum Gasteiger partial charge on any atom is -0.435 e. The van der Waals surface area contributed by atoms with Crippen molar-refractivity contribution >= 4 is 13.8 Å². The van der Waals surface area contributed by atoms with Gasteiger partial charge in [0.05, 0.1) is 34.0 Å². The highest BCUT2D eigenvalue weighted by Crippen LogP contribution is 2.42. The lowest BCUT2D eigenvalue weighted by atomic mass is 10.1. The molecule has 1 unspecified atom stereocenters. The smallest absolute Gasteiger partial charge is 0.435 e. The Morgan fingerprint density at radius 2 is 1.47 bits per heavy atom. The first-order valence-electron chi connectivity index (χ1n) is 12.7. The summed E-state index contributed by atoms with van der Waals surface area (Å²) in [7, 11) is 1.77. The standard InChI is InChI=1S/C26H48NO6P/c1-5-6-7-8-9-10-11-12-13-14-15-16-17-18-19-21-26(28)31-23-20-24-32-34(29,30)33-25-22-27(2,3)4/h9-10,12-13,20,23H,5-8,11,14-19,21-22,24-25H2,1-4H3/p+1/b10-9+,13-12+,23-20+. The lowest BCUT2D eigenvalue weighted by Crippen LogP contribution is -2.37. The first kappa shape index (κ1) is 32.8. The van der Waals surface area contributed by atoms with Gasteiger partial charge in [0.1, 0.15) is 13.2 Å². The summed E-state index contributed by atoms with van der Waals surface area (Å²) in [5, 5.41) is 0. The Hall–Kier alpha value is -1.24. The number of quaternary nitrogens is 1. The van der Waals surface area contributed by atoms with Crippen molar-refractivity contribution in [2.75, 3.05) is 40.9 Å². The van der Waals surface area contributed by atoms with Crippen molar-refractivity contribution in [1.29, 1.82) is 0 Å². The maximum atomic E-state index is 11.7. The summed E-state index contributed by atoms with van der Waals surface area (Å²) in [5.41, 5.74) is 0. The summed E-state index contributed by atoms with van der Waals surface area (Å²) in [6.45, 7) is 2.75. The molecule has 0 heterocycles. The molecule has 1 N–H and O–H groups in total. The average Bonchev–Trinajstić information content (AvgIpc) is 2.75. The molecule has 0 rings (SSSR count). The minimum absolute atomic E-state index is 0.115. The van der Waals surface area contributed by atoms with E-state index in [2.05, 4.69) is 31.2 Å². The molecule has 0 saturated heterocycles. The number of unbranched alkanes of at least 4 members (excludes halogenated alkanes) is 8. The van der Waals surface area contributed by atoms with Gasteiger partial charge in [0.15, 0.2) is 0 Å². The molecule has 0 aromatic carbocycles. The fourth-order valence-electron chi connectivity index (χ4n) is 2.91.